The Labute approximate surface area is 158 Å². The van der Waals surface area contributed by atoms with Gasteiger partial charge >= 0.3 is 5.97 Å². The minimum Gasteiger partial charge on any atom is -0.484 e. The van der Waals surface area contributed by atoms with Crippen LogP contribution in [0.3, 0.4) is 0 Å². The summed E-state index contributed by atoms with van der Waals surface area (Å²) in [5.74, 6) is -0.157. The number of carbonyl (C=O) groups is 2. The van der Waals surface area contributed by atoms with Crippen LogP contribution >= 0.6 is 0 Å². The Balaban J connectivity index is 1.77. The van der Waals surface area contributed by atoms with Crippen molar-refractivity contribution in [3.8, 4) is 5.75 Å². The van der Waals surface area contributed by atoms with Gasteiger partial charge in [0.15, 0.2) is 6.61 Å². The Morgan fingerprint density at radius 1 is 0.963 bits per heavy atom. The van der Waals surface area contributed by atoms with Gasteiger partial charge in [0.25, 0.3) is 5.91 Å². The molecule has 0 aromatic heterocycles. The van der Waals surface area contributed by atoms with Crippen LogP contribution in [0.4, 0.5) is 5.69 Å². The van der Waals surface area contributed by atoms with E-state index in [4.69, 9.17) is 9.47 Å². The van der Waals surface area contributed by atoms with Crippen molar-refractivity contribution >= 4 is 28.3 Å². The second-order valence-corrected chi connectivity index (χ2v) is 5.94. The molecule has 0 unspecified atom stereocenters. The molecule has 5 nitrogen and oxygen atoms in total. The highest BCUT2D eigenvalue weighted by atomic mass is 16.5. The zero-order chi connectivity index (χ0) is 19.2. The fourth-order valence-corrected chi connectivity index (χ4v) is 2.98. The summed E-state index contributed by atoms with van der Waals surface area (Å²) in [6.45, 7) is 2.33. The van der Waals surface area contributed by atoms with Crippen molar-refractivity contribution in [1.29, 1.82) is 0 Å². The number of carbonyl (C=O) groups excluding carboxylic acids is 2. The van der Waals surface area contributed by atoms with Crippen LogP contribution in [0.25, 0.3) is 10.8 Å². The Bertz CT molecular complexity index is 962. The number of hydrogen-bond acceptors (Lipinski definition) is 4. The molecule has 5 heteroatoms. The highest BCUT2D eigenvalue weighted by molar-refractivity contribution is 6.04. The molecule has 0 aliphatic rings. The summed E-state index contributed by atoms with van der Waals surface area (Å²) >= 11 is 0. The number of amides is 1. The topological polar surface area (TPSA) is 55.8 Å². The number of nitrogens with zero attached hydrogens (tertiary/aromatic N) is 1. The number of benzene rings is 3. The summed E-state index contributed by atoms with van der Waals surface area (Å²) in [7, 11) is 1.32. The zero-order valence-corrected chi connectivity index (χ0v) is 15.3. The van der Waals surface area contributed by atoms with E-state index >= 15 is 0 Å². The van der Waals surface area contributed by atoms with Crippen molar-refractivity contribution in [3.63, 3.8) is 0 Å². The summed E-state index contributed by atoms with van der Waals surface area (Å²) < 4.78 is 10.3. The number of anilines is 1. The van der Waals surface area contributed by atoms with E-state index in [1.165, 1.54) is 7.11 Å². The first-order chi connectivity index (χ1) is 13.1. The third-order valence-electron chi connectivity index (χ3n) is 4.29. The molecule has 27 heavy (non-hydrogen) atoms. The summed E-state index contributed by atoms with van der Waals surface area (Å²) in [6, 6.07) is 20.4. The van der Waals surface area contributed by atoms with Crippen molar-refractivity contribution in [2.45, 2.75) is 6.92 Å². The maximum absolute atomic E-state index is 12.8. The summed E-state index contributed by atoms with van der Waals surface area (Å²) in [5.41, 5.74) is 1.23. The minimum atomic E-state index is -0.447. The predicted octanol–water partition coefficient (Wildman–Crippen LogP) is 4.06. The normalized spacial score (nSPS) is 10.4. The van der Waals surface area contributed by atoms with Gasteiger partial charge in [-0.1, -0.05) is 42.5 Å². The molecule has 0 spiro atoms. The first-order valence-electron chi connectivity index (χ1n) is 8.73. The molecule has 138 valence electrons. The largest absolute Gasteiger partial charge is 0.484 e. The fourth-order valence-electron chi connectivity index (χ4n) is 2.98. The quantitative estimate of drug-likeness (QED) is 0.620. The molecule has 3 aromatic carbocycles. The number of esters is 1. The minimum absolute atomic E-state index is 0.123. The molecule has 1 amide bonds. The first kappa shape index (κ1) is 18.5. The van der Waals surface area contributed by atoms with Gasteiger partial charge in [-0.3, -0.25) is 4.79 Å². The van der Waals surface area contributed by atoms with Crippen LogP contribution in [-0.2, 0) is 9.53 Å². The first-order valence-corrected chi connectivity index (χ1v) is 8.73. The Kier molecular flexibility index (Phi) is 5.71. The van der Waals surface area contributed by atoms with E-state index in [1.54, 1.807) is 29.2 Å². The monoisotopic (exact) mass is 363 g/mol. The highest BCUT2D eigenvalue weighted by Gasteiger charge is 2.17. The molecule has 0 bridgehead atoms. The fraction of sp³-hybridized carbons (Fsp3) is 0.182. The third kappa shape index (κ3) is 4.08. The summed E-state index contributed by atoms with van der Waals surface area (Å²) in [4.78, 5) is 26.1. The van der Waals surface area contributed by atoms with Crippen LogP contribution in [0.15, 0.2) is 66.7 Å². The lowest BCUT2D eigenvalue weighted by molar-refractivity contribution is -0.120. The third-order valence-corrected chi connectivity index (χ3v) is 4.29. The predicted molar refractivity (Wildman–Crippen MR) is 105 cm³/mol. The molecule has 0 saturated heterocycles. The van der Waals surface area contributed by atoms with Crippen LogP contribution in [-0.4, -0.2) is 32.1 Å². The Morgan fingerprint density at radius 2 is 1.70 bits per heavy atom. The molecule has 0 aliphatic carbocycles. The molecule has 0 fully saturated rings. The van der Waals surface area contributed by atoms with Gasteiger partial charge < -0.3 is 14.4 Å². The van der Waals surface area contributed by atoms with E-state index in [0.29, 0.717) is 17.9 Å². The number of ether oxygens (including phenoxy) is 2. The van der Waals surface area contributed by atoms with Crippen molar-refractivity contribution in [3.05, 3.63) is 72.3 Å². The van der Waals surface area contributed by atoms with Crippen molar-refractivity contribution in [1.82, 2.24) is 0 Å². The van der Waals surface area contributed by atoms with E-state index < -0.39 is 5.97 Å². The van der Waals surface area contributed by atoms with E-state index in [1.807, 2.05) is 49.4 Å². The van der Waals surface area contributed by atoms with Crippen molar-refractivity contribution in [2.75, 3.05) is 25.2 Å². The van der Waals surface area contributed by atoms with Crippen LogP contribution in [0.1, 0.15) is 17.3 Å². The lowest BCUT2D eigenvalue weighted by Crippen LogP contribution is -2.35. The van der Waals surface area contributed by atoms with Gasteiger partial charge in [-0.05, 0) is 36.6 Å². The molecule has 0 heterocycles. The smallest absolute Gasteiger partial charge is 0.337 e. The zero-order valence-electron chi connectivity index (χ0n) is 15.3. The molecule has 0 aliphatic heterocycles. The number of rotatable bonds is 6. The Morgan fingerprint density at radius 3 is 2.48 bits per heavy atom. The molecule has 0 N–H and O–H groups in total. The van der Waals surface area contributed by atoms with E-state index in [-0.39, 0.29) is 12.5 Å². The van der Waals surface area contributed by atoms with Crippen LogP contribution < -0.4 is 9.64 Å². The second kappa shape index (κ2) is 8.36. The molecule has 0 saturated carbocycles. The Hall–Kier alpha value is -3.34. The lowest BCUT2D eigenvalue weighted by Gasteiger charge is -2.23. The number of fused-ring (bicyclic) bond motifs is 1. The summed E-state index contributed by atoms with van der Waals surface area (Å²) in [6.07, 6.45) is 0. The van der Waals surface area contributed by atoms with Crippen molar-refractivity contribution < 1.29 is 19.1 Å². The van der Waals surface area contributed by atoms with Gasteiger partial charge in [-0.25, -0.2) is 4.79 Å². The maximum Gasteiger partial charge on any atom is 0.337 e. The van der Waals surface area contributed by atoms with Gasteiger partial charge in [-0.15, -0.1) is 0 Å². The van der Waals surface area contributed by atoms with Gasteiger partial charge in [-0.2, -0.15) is 0 Å². The maximum atomic E-state index is 12.8. The van der Waals surface area contributed by atoms with Gasteiger partial charge in [0, 0.05) is 11.9 Å². The van der Waals surface area contributed by atoms with Crippen LogP contribution in [0, 0.1) is 0 Å². The molecular formula is C22H21NO4. The van der Waals surface area contributed by atoms with Crippen molar-refractivity contribution in [2.24, 2.45) is 0 Å². The van der Waals surface area contributed by atoms with Crippen LogP contribution in [0.5, 0.6) is 5.75 Å². The molecular weight excluding hydrogens is 342 g/mol. The van der Waals surface area contributed by atoms with Gasteiger partial charge in [0.1, 0.15) is 5.75 Å². The summed E-state index contributed by atoms with van der Waals surface area (Å²) in [5, 5.41) is 2.09. The van der Waals surface area contributed by atoms with E-state index in [0.717, 1.165) is 16.5 Å². The number of hydrogen-bond donors (Lipinski definition) is 0. The molecule has 0 atom stereocenters. The van der Waals surface area contributed by atoms with E-state index in [2.05, 4.69) is 0 Å². The molecule has 3 aromatic rings. The average molecular weight is 363 g/mol. The average Bonchev–Trinajstić information content (AvgIpc) is 2.72. The van der Waals surface area contributed by atoms with E-state index in [9.17, 15) is 9.59 Å². The number of likely N-dealkylation sites (N-methyl/N-ethyl adjacent to an activating group) is 1. The lowest BCUT2D eigenvalue weighted by atomic mass is 10.1. The molecule has 0 radical (unpaired) electrons. The van der Waals surface area contributed by atoms with Crippen LogP contribution in [0.2, 0.25) is 0 Å². The standard InChI is InChI=1S/C22H21NO4/c1-3-23(20-13-7-9-16-8-4-5-12-19(16)20)21(24)15-27-18-11-6-10-17(14-18)22(25)26-2/h4-14H,3,15H2,1-2H3. The molecule has 3 rings (SSSR count). The second-order valence-electron chi connectivity index (χ2n) is 5.94. The number of methoxy groups -OCH3 is 1. The highest BCUT2D eigenvalue weighted by Crippen LogP contribution is 2.27. The van der Waals surface area contributed by atoms with Gasteiger partial charge in [0.2, 0.25) is 0 Å². The SMILES string of the molecule is CCN(C(=O)COc1cccc(C(=O)OC)c1)c1cccc2ccccc12. The van der Waals surface area contributed by atoms with Gasteiger partial charge in [0.05, 0.1) is 18.4 Å².